The minimum absolute atomic E-state index is 0.0473. The number of thiocarbonyl (C=S) groups is 1. The van der Waals surface area contributed by atoms with Crippen LogP contribution in [0.4, 0.5) is 5.69 Å². The molecule has 5 heteroatoms. The number of nitrogens with two attached hydrogens (primary N) is 1. The molecule has 98 valence electrons. The largest absolute Gasteiger partial charge is 0.389 e. The average Bonchev–Trinajstić information content (AvgIpc) is 2.74. The van der Waals surface area contributed by atoms with Crippen LogP contribution in [0.15, 0.2) is 22.7 Å². The topological polar surface area (TPSA) is 47.3 Å². The van der Waals surface area contributed by atoms with Crippen molar-refractivity contribution in [1.82, 2.24) is 0 Å². The smallest absolute Gasteiger partial charge is 0.105 e. The van der Waals surface area contributed by atoms with Crippen LogP contribution in [0.25, 0.3) is 0 Å². The van der Waals surface area contributed by atoms with Gasteiger partial charge in [0.15, 0.2) is 0 Å². The van der Waals surface area contributed by atoms with Crippen molar-refractivity contribution in [2.24, 2.45) is 5.73 Å². The predicted octanol–water partition coefficient (Wildman–Crippen LogP) is 3.06. The van der Waals surface area contributed by atoms with Gasteiger partial charge in [-0.15, -0.1) is 0 Å². The lowest BCUT2D eigenvalue weighted by Crippen LogP contribution is -2.32. The van der Waals surface area contributed by atoms with Gasteiger partial charge in [0.2, 0.25) is 0 Å². The molecule has 3 nitrogen and oxygen atoms in total. The van der Waals surface area contributed by atoms with Crippen LogP contribution in [0, 0.1) is 0 Å². The summed E-state index contributed by atoms with van der Waals surface area (Å²) in [7, 11) is 0. The molecule has 2 rings (SSSR count). The minimum Gasteiger partial charge on any atom is -0.389 e. The van der Waals surface area contributed by atoms with E-state index in [1.165, 1.54) is 0 Å². The van der Waals surface area contributed by atoms with Crippen LogP contribution in [-0.4, -0.2) is 23.7 Å². The number of nitrogens with one attached hydrogen (secondary N) is 1. The van der Waals surface area contributed by atoms with Crippen molar-refractivity contribution in [3.05, 3.63) is 28.2 Å². The third-order valence-electron chi connectivity index (χ3n) is 3.20. The molecule has 1 fully saturated rings. The van der Waals surface area contributed by atoms with Crippen LogP contribution in [0.1, 0.15) is 25.3 Å². The third kappa shape index (κ3) is 3.22. The SMILES string of the molecule is CC1(CNc2ccc(C(N)=S)c(Br)c2)CCCO1. The van der Waals surface area contributed by atoms with E-state index in [0.717, 1.165) is 41.7 Å². The molecule has 0 aromatic heterocycles. The number of halogens is 1. The molecule has 0 amide bonds. The summed E-state index contributed by atoms with van der Waals surface area (Å²) < 4.78 is 6.65. The summed E-state index contributed by atoms with van der Waals surface area (Å²) in [6.45, 7) is 3.82. The fourth-order valence-electron chi connectivity index (χ4n) is 2.09. The molecule has 0 radical (unpaired) electrons. The van der Waals surface area contributed by atoms with E-state index in [1.807, 2.05) is 18.2 Å². The van der Waals surface area contributed by atoms with E-state index in [1.54, 1.807) is 0 Å². The van der Waals surface area contributed by atoms with Gasteiger partial charge in [-0.05, 0) is 53.9 Å². The lowest BCUT2D eigenvalue weighted by molar-refractivity contribution is 0.0315. The second kappa shape index (κ2) is 5.55. The molecule has 1 aliphatic heterocycles. The Morgan fingerprint density at radius 1 is 1.61 bits per heavy atom. The molecule has 0 saturated carbocycles. The first-order valence-corrected chi connectivity index (χ1v) is 7.17. The van der Waals surface area contributed by atoms with E-state index in [0.29, 0.717) is 4.99 Å². The molecule has 18 heavy (non-hydrogen) atoms. The third-order valence-corrected chi connectivity index (χ3v) is 4.08. The molecule has 1 atom stereocenters. The highest BCUT2D eigenvalue weighted by molar-refractivity contribution is 9.10. The highest BCUT2D eigenvalue weighted by Crippen LogP contribution is 2.27. The Balaban J connectivity index is 2.02. The number of anilines is 1. The van der Waals surface area contributed by atoms with Gasteiger partial charge in [0, 0.05) is 28.9 Å². The van der Waals surface area contributed by atoms with Gasteiger partial charge < -0.3 is 15.8 Å². The monoisotopic (exact) mass is 328 g/mol. The Bertz CT molecular complexity index is 458. The molecule has 1 aromatic rings. The number of hydrogen-bond acceptors (Lipinski definition) is 3. The Hall–Kier alpha value is -0.650. The Kier molecular flexibility index (Phi) is 4.25. The van der Waals surface area contributed by atoms with Crippen LogP contribution in [0.2, 0.25) is 0 Å². The standard InChI is InChI=1S/C13H17BrN2OS/c1-13(5-2-6-17-13)8-16-9-3-4-10(12(15)18)11(14)7-9/h3-4,7,16H,2,5-6,8H2,1H3,(H2,15,18). The second-order valence-electron chi connectivity index (χ2n) is 4.81. The highest BCUT2D eigenvalue weighted by atomic mass is 79.9. The van der Waals surface area contributed by atoms with Gasteiger partial charge in [0.25, 0.3) is 0 Å². The van der Waals surface area contributed by atoms with Crippen molar-refractivity contribution in [2.75, 3.05) is 18.5 Å². The van der Waals surface area contributed by atoms with Gasteiger partial charge in [0.05, 0.1) is 5.60 Å². The lowest BCUT2D eigenvalue weighted by Gasteiger charge is -2.24. The summed E-state index contributed by atoms with van der Waals surface area (Å²) in [6.07, 6.45) is 2.24. The minimum atomic E-state index is -0.0473. The van der Waals surface area contributed by atoms with E-state index in [-0.39, 0.29) is 5.60 Å². The fraction of sp³-hybridized carbons (Fsp3) is 0.462. The first kappa shape index (κ1) is 13.8. The highest BCUT2D eigenvalue weighted by Gasteiger charge is 2.29. The van der Waals surface area contributed by atoms with E-state index >= 15 is 0 Å². The van der Waals surface area contributed by atoms with E-state index < -0.39 is 0 Å². The molecule has 3 N–H and O–H groups in total. The summed E-state index contributed by atoms with van der Waals surface area (Å²) in [5.74, 6) is 0. The van der Waals surface area contributed by atoms with Crippen LogP contribution < -0.4 is 11.1 Å². The van der Waals surface area contributed by atoms with Crippen molar-refractivity contribution in [3.63, 3.8) is 0 Å². The number of ether oxygens (including phenoxy) is 1. The van der Waals surface area contributed by atoms with Gasteiger partial charge in [-0.1, -0.05) is 12.2 Å². The first-order chi connectivity index (χ1) is 8.50. The average molecular weight is 329 g/mol. The van der Waals surface area contributed by atoms with E-state index in [2.05, 4.69) is 28.2 Å². The lowest BCUT2D eigenvalue weighted by atomic mass is 10.0. The summed E-state index contributed by atoms with van der Waals surface area (Å²) in [5, 5.41) is 3.39. The Morgan fingerprint density at radius 2 is 2.39 bits per heavy atom. The molecule has 1 aliphatic rings. The summed E-state index contributed by atoms with van der Waals surface area (Å²) >= 11 is 8.45. The van der Waals surface area contributed by atoms with Crippen molar-refractivity contribution < 1.29 is 4.74 Å². The Morgan fingerprint density at radius 3 is 2.94 bits per heavy atom. The van der Waals surface area contributed by atoms with E-state index in [9.17, 15) is 0 Å². The Labute approximate surface area is 121 Å². The molecular weight excluding hydrogens is 312 g/mol. The molecule has 1 heterocycles. The molecular formula is C13H17BrN2OS. The molecule has 1 aromatic carbocycles. The molecule has 0 aliphatic carbocycles. The molecule has 0 spiro atoms. The number of benzene rings is 1. The maximum Gasteiger partial charge on any atom is 0.105 e. The first-order valence-electron chi connectivity index (χ1n) is 5.97. The van der Waals surface area contributed by atoms with Crippen molar-refractivity contribution in [3.8, 4) is 0 Å². The van der Waals surface area contributed by atoms with Crippen molar-refractivity contribution in [2.45, 2.75) is 25.4 Å². The van der Waals surface area contributed by atoms with Crippen LogP contribution in [-0.2, 0) is 4.74 Å². The normalized spacial score (nSPS) is 23.0. The van der Waals surface area contributed by atoms with Gasteiger partial charge in [-0.25, -0.2) is 0 Å². The summed E-state index contributed by atoms with van der Waals surface area (Å²) in [4.78, 5) is 0.402. The van der Waals surface area contributed by atoms with Gasteiger partial charge in [0.1, 0.15) is 4.99 Å². The van der Waals surface area contributed by atoms with Gasteiger partial charge in [-0.3, -0.25) is 0 Å². The maximum atomic E-state index is 5.74. The van der Waals surface area contributed by atoms with Crippen LogP contribution >= 0.6 is 28.1 Å². The molecule has 1 unspecified atom stereocenters. The van der Waals surface area contributed by atoms with Crippen molar-refractivity contribution in [1.29, 1.82) is 0 Å². The van der Waals surface area contributed by atoms with Crippen molar-refractivity contribution >= 4 is 38.8 Å². The number of hydrogen-bond donors (Lipinski definition) is 2. The molecule has 0 bridgehead atoms. The van der Waals surface area contributed by atoms with Crippen LogP contribution in [0.3, 0.4) is 0 Å². The second-order valence-corrected chi connectivity index (χ2v) is 6.11. The zero-order valence-electron chi connectivity index (χ0n) is 10.3. The predicted molar refractivity (Wildman–Crippen MR) is 82.1 cm³/mol. The van der Waals surface area contributed by atoms with E-state index in [4.69, 9.17) is 22.7 Å². The summed E-state index contributed by atoms with van der Waals surface area (Å²) in [6, 6.07) is 5.90. The quantitative estimate of drug-likeness (QED) is 0.834. The van der Waals surface area contributed by atoms with Crippen LogP contribution in [0.5, 0.6) is 0 Å². The fourth-order valence-corrected chi connectivity index (χ4v) is 2.99. The zero-order chi connectivity index (χ0) is 13.2. The maximum absolute atomic E-state index is 5.74. The summed E-state index contributed by atoms with van der Waals surface area (Å²) in [5.41, 5.74) is 7.47. The molecule has 1 saturated heterocycles. The van der Waals surface area contributed by atoms with Gasteiger partial charge >= 0.3 is 0 Å². The van der Waals surface area contributed by atoms with Gasteiger partial charge in [-0.2, -0.15) is 0 Å². The number of rotatable bonds is 4. The zero-order valence-corrected chi connectivity index (χ0v) is 12.7.